The number of alkyl halides is 1. The Hall–Kier alpha value is -1.42. The molecule has 0 heterocycles. The molecule has 3 N–H and O–H groups in total. The van der Waals surface area contributed by atoms with Gasteiger partial charge in [-0.05, 0) is 43.9 Å². The lowest BCUT2D eigenvalue weighted by Crippen LogP contribution is -2.37. The van der Waals surface area contributed by atoms with Crippen LogP contribution in [0.1, 0.15) is 36.0 Å². The number of hydrogen-bond donors (Lipinski definition) is 3. The minimum atomic E-state index is -0.360. The third-order valence-electron chi connectivity index (χ3n) is 3.22. The maximum atomic E-state index is 12.0. The van der Waals surface area contributed by atoms with E-state index in [1.54, 1.807) is 0 Å². The van der Waals surface area contributed by atoms with Gasteiger partial charge in [-0.2, -0.15) is 0 Å². The molecule has 1 aliphatic rings. The van der Waals surface area contributed by atoms with E-state index < -0.39 is 0 Å². The molecule has 1 aromatic rings. The maximum Gasteiger partial charge on any atom is 0.255 e. The molecule has 0 saturated heterocycles. The first-order chi connectivity index (χ1) is 8.56. The normalized spacial score (nSPS) is 23.6. The molecular formula is C13H16ClNO3. The Balaban J connectivity index is 2.01. The molecule has 4 nitrogen and oxygen atoms in total. The van der Waals surface area contributed by atoms with Crippen molar-refractivity contribution in [2.24, 2.45) is 0 Å². The number of phenolic OH excluding ortho intramolecular Hbond substituents is 2. The predicted octanol–water partition coefficient (Wildman–Crippen LogP) is 2.38. The summed E-state index contributed by atoms with van der Waals surface area (Å²) in [5.41, 5.74) is 0.1000. The first kappa shape index (κ1) is 13.0. The zero-order chi connectivity index (χ0) is 13.1. The fourth-order valence-corrected chi connectivity index (χ4v) is 2.42. The quantitative estimate of drug-likeness (QED) is 0.570. The summed E-state index contributed by atoms with van der Waals surface area (Å²) < 4.78 is 0. The van der Waals surface area contributed by atoms with Gasteiger partial charge in [0.1, 0.15) is 11.5 Å². The number of carbonyl (C=O) groups is 1. The summed E-state index contributed by atoms with van der Waals surface area (Å²) in [7, 11) is 0. The van der Waals surface area contributed by atoms with Crippen LogP contribution in [0.2, 0.25) is 0 Å². The van der Waals surface area contributed by atoms with E-state index in [2.05, 4.69) is 5.32 Å². The maximum absolute atomic E-state index is 12.0. The first-order valence-corrected chi connectivity index (χ1v) is 6.47. The van der Waals surface area contributed by atoms with Crippen molar-refractivity contribution in [2.45, 2.75) is 37.1 Å². The number of nitrogens with one attached hydrogen (secondary N) is 1. The number of benzene rings is 1. The highest BCUT2D eigenvalue weighted by Gasteiger charge is 2.22. The molecule has 1 saturated carbocycles. The van der Waals surface area contributed by atoms with E-state index >= 15 is 0 Å². The number of halogens is 1. The number of hydrogen-bond acceptors (Lipinski definition) is 3. The molecule has 18 heavy (non-hydrogen) atoms. The SMILES string of the molecule is O=C(NC1CCC(Cl)CC1)c1cc(O)ccc1O. The molecule has 5 heteroatoms. The summed E-state index contributed by atoms with van der Waals surface area (Å²) in [6.45, 7) is 0. The smallest absolute Gasteiger partial charge is 0.255 e. The average Bonchev–Trinajstić information content (AvgIpc) is 2.35. The van der Waals surface area contributed by atoms with Crippen molar-refractivity contribution in [3.05, 3.63) is 23.8 Å². The fraction of sp³-hybridized carbons (Fsp3) is 0.462. The third-order valence-corrected chi connectivity index (χ3v) is 3.65. The molecule has 0 atom stereocenters. The highest BCUT2D eigenvalue weighted by Crippen LogP contribution is 2.25. The predicted molar refractivity (Wildman–Crippen MR) is 69.1 cm³/mol. The summed E-state index contributed by atoms with van der Waals surface area (Å²) in [5.74, 6) is -0.528. The van der Waals surface area contributed by atoms with E-state index in [1.807, 2.05) is 0 Å². The van der Waals surface area contributed by atoms with Crippen LogP contribution in [0.5, 0.6) is 11.5 Å². The Morgan fingerprint density at radius 3 is 2.56 bits per heavy atom. The van der Waals surface area contributed by atoms with Crippen molar-refractivity contribution in [3.8, 4) is 11.5 Å². The van der Waals surface area contributed by atoms with E-state index in [-0.39, 0.29) is 34.4 Å². The van der Waals surface area contributed by atoms with Crippen LogP contribution in [0.25, 0.3) is 0 Å². The second-order valence-corrected chi connectivity index (χ2v) is 5.24. The van der Waals surface area contributed by atoms with Crippen LogP contribution in [0.15, 0.2) is 18.2 Å². The van der Waals surface area contributed by atoms with Crippen LogP contribution in [-0.2, 0) is 0 Å². The van der Waals surface area contributed by atoms with E-state index in [4.69, 9.17) is 11.6 Å². The van der Waals surface area contributed by atoms with Crippen LogP contribution < -0.4 is 5.32 Å². The number of rotatable bonds is 2. The second-order valence-electron chi connectivity index (χ2n) is 4.62. The zero-order valence-electron chi connectivity index (χ0n) is 9.90. The number of amides is 1. The highest BCUT2D eigenvalue weighted by atomic mass is 35.5. The number of aromatic hydroxyl groups is 2. The Morgan fingerprint density at radius 2 is 1.89 bits per heavy atom. The molecule has 0 spiro atoms. The minimum Gasteiger partial charge on any atom is -0.508 e. The van der Waals surface area contributed by atoms with Gasteiger partial charge < -0.3 is 15.5 Å². The molecule has 0 unspecified atom stereocenters. The van der Waals surface area contributed by atoms with Crippen LogP contribution in [-0.4, -0.2) is 27.5 Å². The lowest BCUT2D eigenvalue weighted by Gasteiger charge is -2.25. The van der Waals surface area contributed by atoms with Crippen molar-refractivity contribution >= 4 is 17.5 Å². The molecular weight excluding hydrogens is 254 g/mol. The van der Waals surface area contributed by atoms with E-state index in [0.717, 1.165) is 25.7 Å². The van der Waals surface area contributed by atoms with E-state index in [9.17, 15) is 15.0 Å². The van der Waals surface area contributed by atoms with Crippen molar-refractivity contribution in [1.29, 1.82) is 0 Å². The molecule has 0 radical (unpaired) electrons. The van der Waals surface area contributed by atoms with Crippen molar-refractivity contribution in [3.63, 3.8) is 0 Å². The van der Waals surface area contributed by atoms with Gasteiger partial charge in [-0.25, -0.2) is 0 Å². The van der Waals surface area contributed by atoms with Gasteiger partial charge in [0, 0.05) is 11.4 Å². The van der Waals surface area contributed by atoms with Gasteiger partial charge in [-0.1, -0.05) is 0 Å². The van der Waals surface area contributed by atoms with Gasteiger partial charge in [0.2, 0.25) is 0 Å². The molecule has 98 valence electrons. The van der Waals surface area contributed by atoms with Gasteiger partial charge >= 0.3 is 0 Å². The summed E-state index contributed by atoms with van der Waals surface area (Å²) in [4.78, 5) is 12.0. The van der Waals surface area contributed by atoms with Crippen molar-refractivity contribution < 1.29 is 15.0 Å². The molecule has 2 rings (SSSR count). The molecule has 1 fully saturated rings. The lowest BCUT2D eigenvalue weighted by molar-refractivity contribution is 0.0925. The van der Waals surface area contributed by atoms with Gasteiger partial charge in [-0.15, -0.1) is 11.6 Å². The monoisotopic (exact) mass is 269 g/mol. The number of phenols is 2. The molecule has 0 aromatic heterocycles. The topological polar surface area (TPSA) is 69.6 Å². The highest BCUT2D eigenvalue weighted by molar-refractivity contribution is 6.20. The zero-order valence-corrected chi connectivity index (χ0v) is 10.7. The summed E-state index contributed by atoms with van der Waals surface area (Å²) in [5, 5.41) is 22.0. The van der Waals surface area contributed by atoms with Gasteiger partial charge in [0.25, 0.3) is 5.91 Å². The molecule has 1 aromatic carbocycles. The van der Waals surface area contributed by atoms with Crippen molar-refractivity contribution in [2.75, 3.05) is 0 Å². The summed E-state index contributed by atoms with van der Waals surface area (Å²) >= 11 is 6.00. The first-order valence-electron chi connectivity index (χ1n) is 6.03. The Bertz CT molecular complexity index is 442. The standard InChI is InChI=1S/C13H16ClNO3/c14-8-1-3-9(4-2-8)15-13(18)11-7-10(16)5-6-12(11)17/h5-9,16-17H,1-4H2,(H,15,18). The molecule has 1 amide bonds. The fourth-order valence-electron chi connectivity index (χ4n) is 2.17. The van der Waals surface area contributed by atoms with E-state index in [0.29, 0.717) is 0 Å². The summed E-state index contributed by atoms with van der Waals surface area (Å²) in [6, 6.07) is 4.00. The van der Waals surface area contributed by atoms with Crippen LogP contribution in [0, 0.1) is 0 Å². The Kier molecular flexibility index (Phi) is 3.97. The minimum absolute atomic E-state index is 0.0394. The third kappa shape index (κ3) is 3.07. The molecule has 0 aliphatic heterocycles. The molecule has 0 bridgehead atoms. The average molecular weight is 270 g/mol. The van der Waals surface area contributed by atoms with Crippen molar-refractivity contribution in [1.82, 2.24) is 5.32 Å². The Morgan fingerprint density at radius 1 is 1.22 bits per heavy atom. The van der Waals surface area contributed by atoms with Gasteiger partial charge in [0.15, 0.2) is 0 Å². The van der Waals surface area contributed by atoms with Gasteiger partial charge in [-0.3, -0.25) is 4.79 Å². The van der Waals surface area contributed by atoms with E-state index in [1.165, 1.54) is 18.2 Å². The molecule has 1 aliphatic carbocycles. The summed E-state index contributed by atoms with van der Waals surface area (Å²) in [6.07, 6.45) is 3.47. The number of carbonyl (C=O) groups excluding carboxylic acids is 1. The van der Waals surface area contributed by atoms with Crippen LogP contribution in [0.4, 0.5) is 0 Å². The lowest BCUT2D eigenvalue weighted by atomic mass is 9.95. The largest absolute Gasteiger partial charge is 0.508 e. The van der Waals surface area contributed by atoms with Gasteiger partial charge in [0.05, 0.1) is 5.56 Å². The Labute approximate surface area is 111 Å². The van der Waals surface area contributed by atoms with Crippen LogP contribution >= 0.6 is 11.6 Å². The second kappa shape index (κ2) is 5.48. The van der Waals surface area contributed by atoms with Crippen LogP contribution in [0.3, 0.4) is 0 Å².